The first-order valence-corrected chi connectivity index (χ1v) is 5.93. The summed E-state index contributed by atoms with van der Waals surface area (Å²) in [5, 5.41) is 21.3. The molecule has 1 aromatic rings. The number of nitrogens with zero attached hydrogens (tertiary/aromatic N) is 1. The molecule has 0 aliphatic rings. The van der Waals surface area contributed by atoms with E-state index in [2.05, 4.69) is 11.4 Å². The van der Waals surface area contributed by atoms with E-state index in [1.54, 1.807) is 12.1 Å². The minimum Gasteiger partial charge on any atom is -0.508 e. The van der Waals surface area contributed by atoms with E-state index < -0.39 is 0 Å². The summed E-state index contributed by atoms with van der Waals surface area (Å²) in [5.74, 6) is 0.296. The summed E-state index contributed by atoms with van der Waals surface area (Å²) < 4.78 is 0. The third kappa shape index (κ3) is 5.37. The Kier molecular flexibility index (Phi) is 4.99. The number of benzene rings is 1. The molecule has 3 heteroatoms. The molecule has 3 nitrogen and oxygen atoms in total. The molecule has 0 amide bonds. The van der Waals surface area contributed by atoms with E-state index in [0.717, 1.165) is 31.5 Å². The van der Waals surface area contributed by atoms with Crippen molar-refractivity contribution in [3.63, 3.8) is 0 Å². The van der Waals surface area contributed by atoms with Crippen LogP contribution in [-0.4, -0.2) is 11.7 Å². The van der Waals surface area contributed by atoms with Crippen LogP contribution in [0.5, 0.6) is 5.75 Å². The van der Waals surface area contributed by atoms with Gasteiger partial charge in [-0.1, -0.05) is 12.1 Å². The molecule has 0 heterocycles. The van der Waals surface area contributed by atoms with E-state index in [1.807, 2.05) is 26.0 Å². The fraction of sp³-hybridized carbons (Fsp3) is 0.500. The van der Waals surface area contributed by atoms with Gasteiger partial charge in [-0.2, -0.15) is 5.26 Å². The number of nitrogens with one attached hydrogen (secondary N) is 1. The van der Waals surface area contributed by atoms with E-state index in [4.69, 9.17) is 10.4 Å². The monoisotopic (exact) mass is 232 g/mol. The standard InChI is InChI=1S/C14H20N2O/c1-14(2,11-15)8-3-9-16-10-12-4-6-13(17)7-5-12/h4-7,16-17H,3,8-10H2,1-2H3. The lowest BCUT2D eigenvalue weighted by Crippen LogP contribution is -2.17. The van der Waals surface area contributed by atoms with Gasteiger partial charge in [0, 0.05) is 6.54 Å². The Balaban J connectivity index is 2.17. The highest BCUT2D eigenvalue weighted by Gasteiger charge is 2.15. The van der Waals surface area contributed by atoms with Crippen molar-refractivity contribution in [2.24, 2.45) is 5.41 Å². The van der Waals surface area contributed by atoms with Crippen LogP contribution in [0.15, 0.2) is 24.3 Å². The quantitative estimate of drug-likeness (QED) is 0.741. The Hall–Kier alpha value is -1.53. The fourth-order valence-electron chi connectivity index (χ4n) is 1.56. The molecule has 92 valence electrons. The highest BCUT2D eigenvalue weighted by atomic mass is 16.3. The van der Waals surface area contributed by atoms with E-state index in [0.29, 0.717) is 5.75 Å². The molecule has 0 aliphatic heterocycles. The van der Waals surface area contributed by atoms with Crippen LogP contribution in [0.2, 0.25) is 0 Å². The highest BCUT2D eigenvalue weighted by Crippen LogP contribution is 2.19. The van der Waals surface area contributed by atoms with E-state index in [9.17, 15) is 0 Å². The molecule has 1 rings (SSSR count). The van der Waals surface area contributed by atoms with Gasteiger partial charge in [0.1, 0.15) is 5.75 Å². The smallest absolute Gasteiger partial charge is 0.115 e. The second-order valence-corrected chi connectivity index (χ2v) is 4.94. The third-order valence-corrected chi connectivity index (χ3v) is 2.72. The molecule has 0 radical (unpaired) electrons. The number of aromatic hydroxyl groups is 1. The van der Waals surface area contributed by atoms with Gasteiger partial charge in [-0.05, 0) is 50.9 Å². The number of phenols is 1. The Morgan fingerprint density at radius 1 is 1.29 bits per heavy atom. The van der Waals surface area contributed by atoms with Crippen molar-refractivity contribution >= 4 is 0 Å². The van der Waals surface area contributed by atoms with Crippen LogP contribution in [0.3, 0.4) is 0 Å². The van der Waals surface area contributed by atoms with Crippen LogP contribution in [0, 0.1) is 16.7 Å². The predicted octanol–water partition coefficient (Wildman–Crippen LogP) is 2.81. The lowest BCUT2D eigenvalue weighted by molar-refractivity contribution is 0.426. The van der Waals surface area contributed by atoms with Gasteiger partial charge in [0.15, 0.2) is 0 Å². The molecule has 17 heavy (non-hydrogen) atoms. The summed E-state index contributed by atoms with van der Waals surface area (Å²) in [6.07, 6.45) is 1.91. The van der Waals surface area contributed by atoms with Crippen molar-refractivity contribution in [2.75, 3.05) is 6.54 Å². The van der Waals surface area contributed by atoms with Gasteiger partial charge in [0.25, 0.3) is 0 Å². The minimum absolute atomic E-state index is 0.222. The van der Waals surface area contributed by atoms with Crippen molar-refractivity contribution in [2.45, 2.75) is 33.2 Å². The first-order valence-electron chi connectivity index (χ1n) is 5.93. The molecule has 0 bridgehead atoms. The summed E-state index contributed by atoms with van der Waals surface area (Å²) in [6, 6.07) is 9.49. The SMILES string of the molecule is CC(C)(C#N)CCCNCc1ccc(O)cc1. The second-order valence-electron chi connectivity index (χ2n) is 4.94. The molecule has 0 unspecified atom stereocenters. The summed E-state index contributed by atoms with van der Waals surface area (Å²) in [6.45, 7) is 5.64. The maximum absolute atomic E-state index is 9.13. The van der Waals surface area contributed by atoms with Gasteiger partial charge in [-0.15, -0.1) is 0 Å². The lowest BCUT2D eigenvalue weighted by atomic mass is 9.90. The largest absolute Gasteiger partial charge is 0.508 e. The molecule has 0 spiro atoms. The summed E-state index contributed by atoms with van der Waals surface area (Å²) in [5.41, 5.74) is 0.933. The van der Waals surface area contributed by atoms with Crippen LogP contribution < -0.4 is 5.32 Å². The average Bonchev–Trinajstić information content (AvgIpc) is 2.31. The summed E-state index contributed by atoms with van der Waals surface area (Å²) in [4.78, 5) is 0. The average molecular weight is 232 g/mol. The topological polar surface area (TPSA) is 56.0 Å². The first-order chi connectivity index (χ1) is 8.03. The molecule has 0 aliphatic carbocycles. The molecular weight excluding hydrogens is 212 g/mol. The number of hydrogen-bond acceptors (Lipinski definition) is 3. The maximum atomic E-state index is 9.13. The number of rotatable bonds is 6. The minimum atomic E-state index is -0.222. The molecule has 1 aromatic carbocycles. The van der Waals surface area contributed by atoms with Crippen molar-refractivity contribution in [3.8, 4) is 11.8 Å². The van der Waals surface area contributed by atoms with Gasteiger partial charge in [-0.3, -0.25) is 0 Å². The Labute approximate surface area is 103 Å². The van der Waals surface area contributed by atoms with Gasteiger partial charge in [0.05, 0.1) is 11.5 Å². The van der Waals surface area contributed by atoms with Crippen LogP contribution >= 0.6 is 0 Å². The van der Waals surface area contributed by atoms with Gasteiger partial charge in [0.2, 0.25) is 0 Å². The Morgan fingerprint density at radius 3 is 2.53 bits per heavy atom. The molecule has 0 atom stereocenters. The second kappa shape index (κ2) is 6.27. The molecule has 0 aromatic heterocycles. The summed E-state index contributed by atoms with van der Waals surface area (Å²) in [7, 11) is 0. The van der Waals surface area contributed by atoms with E-state index in [-0.39, 0.29) is 5.41 Å². The van der Waals surface area contributed by atoms with E-state index in [1.165, 1.54) is 0 Å². The number of nitriles is 1. The molecule has 2 N–H and O–H groups in total. The highest BCUT2D eigenvalue weighted by molar-refractivity contribution is 5.25. The van der Waals surface area contributed by atoms with Gasteiger partial charge < -0.3 is 10.4 Å². The number of hydrogen-bond donors (Lipinski definition) is 2. The van der Waals surface area contributed by atoms with Crippen molar-refractivity contribution < 1.29 is 5.11 Å². The third-order valence-electron chi connectivity index (χ3n) is 2.72. The normalized spacial score (nSPS) is 11.1. The zero-order valence-corrected chi connectivity index (χ0v) is 10.5. The lowest BCUT2D eigenvalue weighted by Gasteiger charge is -2.14. The Morgan fingerprint density at radius 2 is 1.94 bits per heavy atom. The fourth-order valence-corrected chi connectivity index (χ4v) is 1.56. The number of phenolic OH excluding ortho intramolecular Hbond substituents is 1. The zero-order valence-electron chi connectivity index (χ0n) is 10.5. The maximum Gasteiger partial charge on any atom is 0.115 e. The van der Waals surface area contributed by atoms with Crippen LogP contribution in [-0.2, 0) is 6.54 Å². The van der Waals surface area contributed by atoms with Gasteiger partial charge >= 0.3 is 0 Å². The molecule has 0 saturated heterocycles. The first kappa shape index (κ1) is 13.5. The van der Waals surface area contributed by atoms with E-state index >= 15 is 0 Å². The van der Waals surface area contributed by atoms with Gasteiger partial charge in [-0.25, -0.2) is 0 Å². The summed E-state index contributed by atoms with van der Waals surface area (Å²) >= 11 is 0. The predicted molar refractivity (Wildman–Crippen MR) is 68.4 cm³/mol. The van der Waals surface area contributed by atoms with Crippen molar-refractivity contribution in [1.29, 1.82) is 5.26 Å². The molecule has 0 fully saturated rings. The van der Waals surface area contributed by atoms with Crippen molar-refractivity contribution in [1.82, 2.24) is 5.32 Å². The van der Waals surface area contributed by atoms with Crippen LogP contribution in [0.25, 0.3) is 0 Å². The van der Waals surface area contributed by atoms with Crippen LogP contribution in [0.1, 0.15) is 32.3 Å². The Bertz CT molecular complexity index is 376. The van der Waals surface area contributed by atoms with Crippen molar-refractivity contribution in [3.05, 3.63) is 29.8 Å². The molecular formula is C14H20N2O. The molecule has 0 saturated carbocycles. The zero-order chi connectivity index (χ0) is 12.7. The van der Waals surface area contributed by atoms with Crippen LogP contribution in [0.4, 0.5) is 0 Å².